The van der Waals surface area contributed by atoms with Crippen LogP contribution in [0.2, 0.25) is 0 Å². The van der Waals surface area contributed by atoms with Gasteiger partial charge in [0.2, 0.25) is 14.8 Å². The molecule has 1 aromatic heterocycles. The van der Waals surface area contributed by atoms with E-state index in [0.29, 0.717) is 29.4 Å². The minimum atomic E-state index is -3.41. The summed E-state index contributed by atoms with van der Waals surface area (Å²) in [6, 6.07) is 7.03. The van der Waals surface area contributed by atoms with Gasteiger partial charge in [-0.05, 0) is 38.2 Å². The third kappa shape index (κ3) is 3.84. The summed E-state index contributed by atoms with van der Waals surface area (Å²) in [5.41, 5.74) is 1.05. The van der Waals surface area contributed by atoms with E-state index in [1.165, 1.54) is 4.90 Å². The molecule has 0 atom stereocenters. The van der Waals surface area contributed by atoms with Gasteiger partial charge in [-0.1, -0.05) is 17.7 Å². The van der Waals surface area contributed by atoms with Gasteiger partial charge in [-0.2, -0.15) is 14.1 Å². The first-order chi connectivity index (χ1) is 11.9. The van der Waals surface area contributed by atoms with Crippen molar-refractivity contribution in [3.8, 4) is 0 Å². The van der Waals surface area contributed by atoms with Gasteiger partial charge in [0.25, 0.3) is 0 Å². The van der Waals surface area contributed by atoms with Crippen molar-refractivity contribution in [3.05, 3.63) is 40.9 Å². The fourth-order valence-corrected chi connectivity index (χ4v) is 4.70. The van der Waals surface area contributed by atoms with Gasteiger partial charge in [0.1, 0.15) is 6.33 Å². The van der Waals surface area contributed by atoms with Crippen molar-refractivity contribution in [3.63, 3.8) is 0 Å². The summed E-state index contributed by atoms with van der Waals surface area (Å²) in [5.74, 6) is 0. The highest BCUT2D eigenvalue weighted by atomic mass is 32.2. The maximum Gasteiger partial charge on any atom is 0.243 e. The molecule has 0 bridgehead atoms. The first-order valence-corrected chi connectivity index (χ1v) is 10.3. The van der Waals surface area contributed by atoms with Crippen LogP contribution in [0.5, 0.6) is 0 Å². The van der Waals surface area contributed by atoms with Crippen molar-refractivity contribution in [2.45, 2.75) is 32.0 Å². The van der Waals surface area contributed by atoms with E-state index in [1.807, 2.05) is 35.2 Å². The molecule has 1 aromatic carbocycles. The maximum absolute atomic E-state index is 12.7. The molecule has 1 saturated heterocycles. The fraction of sp³-hybridized carbons (Fsp3) is 0.500. The number of piperazine rings is 1. The van der Waals surface area contributed by atoms with Crippen molar-refractivity contribution in [1.29, 1.82) is 0 Å². The van der Waals surface area contributed by atoms with E-state index in [9.17, 15) is 8.42 Å². The molecule has 136 valence electrons. The number of sulfonamides is 1. The Morgan fingerprint density at radius 3 is 2.40 bits per heavy atom. The predicted octanol–water partition coefficient (Wildman–Crippen LogP) is 0.289. The molecule has 0 aliphatic carbocycles. The van der Waals surface area contributed by atoms with Gasteiger partial charge in [-0.15, -0.1) is 0 Å². The quantitative estimate of drug-likeness (QED) is 0.755. The Labute approximate surface area is 153 Å². The average molecular weight is 383 g/mol. The second kappa shape index (κ2) is 7.36. The van der Waals surface area contributed by atoms with E-state index in [2.05, 4.69) is 5.10 Å². The highest BCUT2D eigenvalue weighted by molar-refractivity contribution is 7.89. The minimum absolute atomic E-state index is 0.366. The van der Waals surface area contributed by atoms with Crippen molar-refractivity contribution in [2.24, 2.45) is 0 Å². The van der Waals surface area contributed by atoms with Gasteiger partial charge in [-0.3, -0.25) is 0 Å². The van der Waals surface area contributed by atoms with Crippen LogP contribution in [0.25, 0.3) is 0 Å². The first-order valence-electron chi connectivity index (χ1n) is 8.44. The molecule has 0 spiro atoms. The Morgan fingerprint density at radius 1 is 1.20 bits per heavy atom. The summed E-state index contributed by atoms with van der Waals surface area (Å²) in [6.45, 7) is 7.95. The van der Waals surface area contributed by atoms with E-state index in [4.69, 9.17) is 12.2 Å². The Bertz CT molecular complexity index is 878. The average Bonchev–Trinajstić information content (AvgIpc) is 2.96. The summed E-state index contributed by atoms with van der Waals surface area (Å²) in [6.07, 6.45) is 1.75. The molecule has 1 N–H and O–H groups in total. The molecule has 25 heavy (non-hydrogen) atoms. The van der Waals surface area contributed by atoms with Crippen molar-refractivity contribution < 1.29 is 13.3 Å². The number of aryl methyl sites for hydroxylation is 2. The minimum Gasteiger partial charge on any atom is -0.314 e. The van der Waals surface area contributed by atoms with Gasteiger partial charge >= 0.3 is 0 Å². The number of hydrogen-bond donors (Lipinski definition) is 1. The van der Waals surface area contributed by atoms with Crippen molar-refractivity contribution in [1.82, 2.24) is 18.7 Å². The molecule has 1 aliphatic heterocycles. The Morgan fingerprint density at radius 2 is 1.84 bits per heavy atom. The number of nitrogens with one attached hydrogen (secondary N) is 1. The fourth-order valence-electron chi connectivity index (χ4n) is 2.97. The molecule has 1 fully saturated rings. The third-order valence-corrected chi connectivity index (χ3v) is 6.96. The molecule has 7 nitrogen and oxygen atoms in total. The van der Waals surface area contributed by atoms with Crippen molar-refractivity contribution >= 4 is 22.2 Å². The molecule has 2 heterocycles. The normalized spacial score (nSPS) is 17.0. The van der Waals surface area contributed by atoms with Crippen LogP contribution in [0.3, 0.4) is 0 Å². The van der Waals surface area contributed by atoms with Crippen LogP contribution in [0.15, 0.2) is 35.5 Å². The number of quaternary nitrogens is 1. The Balaban J connectivity index is 1.64. The van der Waals surface area contributed by atoms with E-state index < -0.39 is 10.0 Å². The van der Waals surface area contributed by atoms with Gasteiger partial charge in [-0.25, -0.2) is 8.42 Å². The van der Waals surface area contributed by atoms with Crippen LogP contribution in [0.1, 0.15) is 12.5 Å². The topological polar surface area (TPSA) is 64.6 Å². The van der Waals surface area contributed by atoms with E-state index in [-0.39, 0.29) is 0 Å². The largest absolute Gasteiger partial charge is 0.314 e. The monoisotopic (exact) mass is 382 g/mol. The van der Waals surface area contributed by atoms with Crippen LogP contribution in [-0.2, 0) is 23.2 Å². The number of benzene rings is 1. The first kappa shape index (κ1) is 18.2. The highest BCUT2D eigenvalue weighted by Gasteiger charge is 2.30. The van der Waals surface area contributed by atoms with Crippen LogP contribution in [0, 0.1) is 11.7 Å². The van der Waals surface area contributed by atoms with E-state index in [0.717, 1.165) is 25.2 Å². The second-order valence-electron chi connectivity index (χ2n) is 6.32. The van der Waals surface area contributed by atoms with Crippen LogP contribution in [0.4, 0.5) is 0 Å². The zero-order valence-electron chi connectivity index (χ0n) is 14.6. The molecule has 9 heteroatoms. The highest BCUT2D eigenvalue weighted by Crippen LogP contribution is 2.16. The van der Waals surface area contributed by atoms with Gasteiger partial charge in [0.05, 0.1) is 31.1 Å². The molecular formula is C16H24N5O2S2+. The lowest BCUT2D eigenvalue weighted by molar-refractivity contribution is -0.926. The van der Waals surface area contributed by atoms with Gasteiger partial charge < -0.3 is 9.47 Å². The zero-order valence-corrected chi connectivity index (χ0v) is 16.2. The Kier molecular flexibility index (Phi) is 5.38. The van der Waals surface area contributed by atoms with E-state index >= 15 is 0 Å². The molecule has 1 aliphatic rings. The second-order valence-corrected chi connectivity index (χ2v) is 8.63. The van der Waals surface area contributed by atoms with Gasteiger partial charge in [0.15, 0.2) is 6.67 Å². The molecule has 0 unspecified atom stereocenters. The zero-order chi connectivity index (χ0) is 18.0. The maximum atomic E-state index is 12.7. The lowest BCUT2D eigenvalue weighted by Crippen LogP contribution is -3.14. The number of rotatable bonds is 5. The number of hydrogen-bond acceptors (Lipinski definition) is 4. The van der Waals surface area contributed by atoms with Crippen LogP contribution in [-0.4, -0.2) is 53.2 Å². The molecule has 3 rings (SSSR count). The molecule has 0 amide bonds. The van der Waals surface area contributed by atoms with Crippen molar-refractivity contribution in [2.75, 3.05) is 26.2 Å². The predicted molar refractivity (Wildman–Crippen MR) is 97.4 cm³/mol. The summed E-state index contributed by atoms with van der Waals surface area (Å²) in [7, 11) is -3.41. The molecule has 0 saturated carbocycles. The SMILES string of the molecule is CCn1cnn(C[NH+]2CCN(S(=O)(=O)c3ccc(C)cc3)CC2)c1=S. The smallest absolute Gasteiger partial charge is 0.243 e. The number of aromatic nitrogens is 3. The standard InChI is InChI=1S/C16H23N5O2S2/c1-3-19-12-17-21(16(19)24)13-18-8-10-20(11-9-18)25(22,23)15-6-4-14(2)5-7-15/h4-7,12H,3,8-11,13H2,1-2H3/p+1. The lowest BCUT2D eigenvalue weighted by atomic mass is 10.2. The molecular weight excluding hydrogens is 358 g/mol. The third-order valence-electron chi connectivity index (χ3n) is 4.60. The molecule has 2 aromatic rings. The summed E-state index contributed by atoms with van der Waals surface area (Å²) >= 11 is 5.39. The lowest BCUT2D eigenvalue weighted by Gasteiger charge is -2.31. The van der Waals surface area contributed by atoms with Crippen LogP contribution >= 0.6 is 12.2 Å². The van der Waals surface area contributed by atoms with Crippen LogP contribution < -0.4 is 4.90 Å². The van der Waals surface area contributed by atoms with E-state index in [1.54, 1.807) is 22.8 Å². The summed E-state index contributed by atoms with van der Waals surface area (Å²) < 4.78 is 31.5. The van der Waals surface area contributed by atoms with Gasteiger partial charge in [0, 0.05) is 6.54 Å². The summed E-state index contributed by atoms with van der Waals surface area (Å²) in [5, 5.41) is 4.33. The number of nitrogens with zero attached hydrogens (tertiary/aromatic N) is 4. The summed E-state index contributed by atoms with van der Waals surface area (Å²) in [4.78, 5) is 1.65. The Hall–Kier alpha value is -1.55. The molecule has 0 radical (unpaired) electrons.